The van der Waals surface area contributed by atoms with E-state index in [-0.39, 0.29) is 11.6 Å². The Hall–Kier alpha value is -5.19. The molecule has 0 bridgehead atoms. The van der Waals surface area contributed by atoms with Gasteiger partial charge in [-0.25, -0.2) is 4.98 Å². The van der Waals surface area contributed by atoms with Crippen LogP contribution >= 0.6 is 23.1 Å². The molecular formula is C36H32N4O4S2. The van der Waals surface area contributed by atoms with E-state index < -0.39 is 17.1 Å². The monoisotopic (exact) mass is 648 g/mol. The summed E-state index contributed by atoms with van der Waals surface area (Å²) in [5, 5.41) is 10.6. The van der Waals surface area contributed by atoms with Crippen LogP contribution in [0.25, 0.3) is 17.3 Å². The lowest BCUT2D eigenvalue weighted by Crippen LogP contribution is -2.30. The van der Waals surface area contributed by atoms with Gasteiger partial charge in [0.1, 0.15) is 11.4 Å². The molecule has 0 aliphatic heterocycles. The summed E-state index contributed by atoms with van der Waals surface area (Å²) in [5.41, 5.74) is 3.48. The van der Waals surface area contributed by atoms with Gasteiger partial charge in [-0.1, -0.05) is 73.7 Å². The van der Waals surface area contributed by atoms with Gasteiger partial charge in [-0.05, 0) is 60.5 Å². The lowest BCUT2D eigenvalue weighted by Gasteiger charge is -2.15. The standard InChI is InChI=1S/C36H32N4O4S2/c1-3-32(35(43)40-36-39-31(23-45-36)26-16-10-18-28(21-26)44-2)46-29-19-11-17-27(22-29)37-34(42)30(20-24-12-6-4-7-13-24)38-33(41)25-14-8-5-9-15-25/h4-23,32H,3H2,1-2H3,(H,37,42)(H,38,41)(H,39,40,43)/b30-20-. The number of carbonyl (C=O) groups excluding carboxylic acids is 3. The average molecular weight is 649 g/mol. The first kappa shape index (κ1) is 32.2. The molecule has 10 heteroatoms. The van der Waals surface area contributed by atoms with Gasteiger partial charge in [-0.3, -0.25) is 14.4 Å². The van der Waals surface area contributed by atoms with Gasteiger partial charge >= 0.3 is 0 Å². The Labute approximate surface area is 275 Å². The number of aromatic nitrogens is 1. The third kappa shape index (κ3) is 8.71. The second-order valence-electron chi connectivity index (χ2n) is 10.0. The summed E-state index contributed by atoms with van der Waals surface area (Å²) < 4.78 is 5.31. The lowest BCUT2D eigenvalue weighted by atomic mass is 10.1. The summed E-state index contributed by atoms with van der Waals surface area (Å²) in [7, 11) is 1.62. The fourth-order valence-corrected chi connectivity index (χ4v) is 6.16. The van der Waals surface area contributed by atoms with Gasteiger partial charge in [0.25, 0.3) is 11.8 Å². The number of methoxy groups -OCH3 is 1. The van der Waals surface area contributed by atoms with E-state index in [1.165, 1.54) is 23.1 Å². The van der Waals surface area contributed by atoms with E-state index in [1.807, 2.05) is 91.2 Å². The zero-order valence-corrected chi connectivity index (χ0v) is 26.9. The van der Waals surface area contributed by atoms with Crippen molar-refractivity contribution >= 4 is 57.7 Å². The molecule has 3 N–H and O–H groups in total. The minimum absolute atomic E-state index is 0.0979. The zero-order valence-electron chi connectivity index (χ0n) is 25.2. The normalized spacial score (nSPS) is 11.7. The van der Waals surface area contributed by atoms with Gasteiger partial charge < -0.3 is 20.7 Å². The number of thioether (sulfide) groups is 1. The van der Waals surface area contributed by atoms with E-state index in [1.54, 1.807) is 43.5 Å². The van der Waals surface area contributed by atoms with Gasteiger partial charge in [0, 0.05) is 27.1 Å². The molecule has 4 aromatic carbocycles. The number of anilines is 2. The molecule has 0 radical (unpaired) electrons. The van der Waals surface area contributed by atoms with Crippen LogP contribution < -0.4 is 20.7 Å². The summed E-state index contributed by atoms with van der Waals surface area (Å²) in [6, 6.07) is 32.9. The topological polar surface area (TPSA) is 109 Å². The molecule has 0 saturated carbocycles. The number of hydrogen-bond donors (Lipinski definition) is 3. The van der Waals surface area contributed by atoms with E-state index in [0.29, 0.717) is 22.8 Å². The van der Waals surface area contributed by atoms with Gasteiger partial charge in [0.2, 0.25) is 5.91 Å². The molecule has 5 rings (SSSR count). The van der Waals surface area contributed by atoms with Crippen molar-refractivity contribution in [2.75, 3.05) is 17.7 Å². The third-order valence-corrected chi connectivity index (χ3v) is 8.89. The molecule has 1 heterocycles. The molecule has 5 aromatic rings. The van der Waals surface area contributed by atoms with E-state index in [0.717, 1.165) is 27.5 Å². The van der Waals surface area contributed by atoms with Crippen LogP contribution in [0.15, 0.2) is 125 Å². The minimum Gasteiger partial charge on any atom is -0.497 e. The second kappa shape index (κ2) is 15.7. The van der Waals surface area contributed by atoms with Crippen molar-refractivity contribution in [3.8, 4) is 17.0 Å². The Bertz CT molecular complexity index is 1840. The maximum atomic E-state index is 13.4. The fraction of sp³-hybridized carbons (Fsp3) is 0.111. The third-order valence-electron chi connectivity index (χ3n) is 6.77. The number of rotatable bonds is 12. The molecule has 0 saturated heterocycles. The molecule has 1 aromatic heterocycles. The van der Waals surface area contributed by atoms with E-state index in [9.17, 15) is 14.4 Å². The Balaban J connectivity index is 1.26. The predicted octanol–water partition coefficient (Wildman–Crippen LogP) is 7.74. The van der Waals surface area contributed by atoms with Gasteiger partial charge in [-0.2, -0.15) is 0 Å². The summed E-state index contributed by atoms with van der Waals surface area (Å²) in [4.78, 5) is 45.0. The molecule has 1 unspecified atom stereocenters. The quantitative estimate of drug-likeness (QED) is 0.0944. The molecule has 3 amide bonds. The number of amides is 3. The SMILES string of the molecule is CCC(Sc1cccc(NC(=O)/C(=C/c2ccccc2)NC(=O)c2ccccc2)c1)C(=O)Nc1nc(-c2cccc(OC)c2)cs1. The zero-order chi connectivity index (χ0) is 32.3. The smallest absolute Gasteiger partial charge is 0.272 e. The van der Waals surface area contributed by atoms with Crippen LogP contribution in [0.4, 0.5) is 10.8 Å². The van der Waals surface area contributed by atoms with Crippen molar-refractivity contribution in [3.05, 3.63) is 131 Å². The number of ether oxygens (including phenoxy) is 1. The summed E-state index contributed by atoms with van der Waals surface area (Å²) in [6.07, 6.45) is 2.21. The van der Waals surface area contributed by atoms with Crippen molar-refractivity contribution in [2.24, 2.45) is 0 Å². The number of hydrogen-bond acceptors (Lipinski definition) is 7. The first-order chi connectivity index (χ1) is 22.4. The molecule has 0 aliphatic carbocycles. The summed E-state index contributed by atoms with van der Waals surface area (Å²) in [5.74, 6) is -0.298. The number of nitrogens with one attached hydrogen (secondary N) is 3. The molecule has 232 valence electrons. The van der Waals surface area contributed by atoms with Crippen LogP contribution in [0.2, 0.25) is 0 Å². The van der Waals surface area contributed by atoms with Gasteiger partial charge in [0.15, 0.2) is 5.13 Å². The van der Waals surface area contributed by atoms with Gasteiger partial charge in [-0.15, -0.1) is 23.1 Å². The highest BCUT2D eigenvalue weighted by molar-refractivity contribution is 8.00. The second-order valence-corrected chi connectivity index (χ2v) is 12.2. The highest BCUT2D eigenvalue weighted by Crippen LogP contribution is 2.31. The van der Waals surface area contributed by atoms with Crippen molar-refractivity contribution in [3.63, 3.8) is 0 Å². The van der Waals surface area contributed by atoms with Crippen LogP contribution in [0.5, 0.6) is 5.75 Å². The predicted molar refractivity (Wildman–Crippen MR) is 186 cm³/mol. The van der Waals surface area contributed by atoms with Crippen molar-refractivity contribution in [1.29, 1.82) is 0 Å². The molecule has 0 aliphatic rings. The minimum atomic E-state index is -0.476. The highest BCUT2D eigenvalue weighted by Gasteiger charge is 2.21. The van der Waals surface area contributed by atoms with E-state index in [4.69, 9.17) is 4.74 Å². The Kier molecular flexibility index (Phi) is 11.0. The van der Waals surface area contributed by atoms with Crippen LogP contribution in [-0.2, 0) is 9.59 Å². The average Bonchev–Trinajstić information content (AvgIpc) is 3.56. The van der Waals surface area contributed by atoms with Crippen LogP contribution in [0.1, 0.15) is 29.3 Å². The van der Waals surface area contributed by atoms with E-state index >= 15 is 0 Å². The molecule has 0 fully saturated rings. The highest BCUT2D eigenvalue weighted by atomic mass is 32.2. The number of nitrogens with zero attached hydrogens (tertiary/aromatic N) is 1. The molecular weight excluding hydrogens is 617 g/mol. The van der Waals surface area contributed by atoms with Crippen LogP contribution in [0, 0.1) is 0 Å². The largest absolute Gasteiger partial charge is 0.497 e. The van der Waals surface area contributed by atoms with Crippen molar-refractivity contribution in [2.45, 2.75) is 23.5 Å². The lowest BCUT2D eigenvalue weighted by molar-refractivity contribution is -0.116. The number of thiazole rings is 1. The Morgan fingerprint density at radius 1 is 0.891 bits per heavy atom. The Morgan fingerprint density at radius 2 is 1.63 bits per heavy atom. The first-order valence-corrected chi connectivity index (χ1v) is 16.3. The molecule has 46 heavy (non-hydrogen) atoms. The number of benzene rings is 4. The van der Waals surface area contributed by atoms with Crippen molar-refractivity contribution in [1.82, 2.24) is 10.3 Å². The Morgan fingerprint density at radius 3 is 2.37 bits per heavy atom. The number of carbonyl (C=O) groups is 3. The van der Waals surface area contributed by atoms with Crippen LogP contribution in [0.3, 0.4) is 0 Å². The fourth-order valence-electron chi connectivity index (χ4n) is 4.42. The van der Waals surface area contributed by atoms with Gasteiger partial charge in [0.05, 0.1) is 18.1 Å². The maximum absolute atomic E-state index is 13.4. The van der Waals surface area contributed by atoms with E-state index in [2.05, 4.69) is 20.9 Å². The molecule has 0 spiro atoms. The maximum Gasteiger partial charge on any atom is 0.272 e. The molecule has 1 atom stereocenters. The summed E-state index contributed by atoms with van der Waals surface area (Å²) in [6.45, 7) is 1.95. The van der Waals surface area contributed by atoms with Crippen molar-refractivity contribution < 1.29 is 19.1 Å². The van der Waals surface area contributed by atoms with Crippen LogP contribution in [-0.4, -0.2) is 35.1 Å². The first-order valence-electron chi connectivity index (χ1n) is 14.5. The molecule has 8 nitrogen and oxygen atoms in total. The summed E-state index contributed by atoms with van der Waals surface area (Å²) >= 11 is 2.76.